The van der Waals surface area contributed by atoms with E-state index in [2.05, 4.69) is 27.0 Å². The van der Waals surface area contributed by atoms with Crippen LogP contribution in [0.25, 0.3) is 11.0 Å². The van der Waals surface area contributed by atoms with Crippen molar-refractivity contribution in [1.82, 2.24) is 15.0 Å². The first kappa shape index (κ1) is 15.4. The second-order valence-electron chi connectivity index (χ2n) is 5.79. The van der Waals surface area contributed by atoms with Gasteiger partial charge >= 0.3 is 0 Å². The second kappa shape index (κ2) is 6.32. The third-order valence-corrected chi connectivity index (χ3v) is 4.16. The number of nitrogens with one attached hydrogen (secondary N) is 1. The van der Waals surface area contributed by atoms with Crippen molar-refractivity contribution in [3.8, 4) is 0 Å². The first-order valence-corrected chi connectivity index (χ1v) is 7.93. The Bertz CT molecular complexity index is 804. The lowest BCUT2D eigenvalue weighted by Crippen LogP contribution is -2.22. The third kappa shape index (κ3) is 3.16. The number of nitrogens with zero attached hydrogens (tertiary/aromatic N) is 3. The molecule has 2 aromatic rings. The lowest BCUT2D eigenvalue weighted by Gasteiger charge is -2.11. The van der Waals surface area contributed by atoms with E-state index in [0.29, 0.717) is 18.4 Å². The smallest absolute Gasteiger partial charge is 0.271 e. The molecule has 1 fully saturated rings. The zero-order chi connectivity index (χ0) is 16.4. The van der Waals surface area contributed by atoms with Crippen molar-refractivity contribution < 1.29 is 9.59 Å². The molecule has 1 saturated carbocycles. The van der Waals surface area contributed by atoms with Gasteiger partial charge in [-0.3, -0.25) is 9.59 Å². The molecule has 0 radical (unpaired) electrons. The van der Waals surface area contributed by atoms with Gasteiger partial charge < -0.3 is 4.57 Å². The molecule has 0 bridgehead atoms. The van der Waals surface area contributed by atoms with Crippen LogP contribution in [-0.4, -0.2) is 27.0 Å². The van der Waals surface area contributed by atoms with E-state index < -0.39 is 0 Å². The zero-order valence-corrected chi connectivity index (χ0v) is 13.4. The minimum Gasteiger partial charge on any atom is -0.329 e. The van der Waals surface area contributed by atoms with Gasteiger partial charge in [0.25, 0.3) is 5.91 Å². The van der Waals surface area contributed by atoms with Gasteiger partial charge in [0, 0.05) is 30.7 Å². The van der Waals surface area contributed by atoms with E-state index >= 15 is 0 Å². The maximum atomic E-state index is 12.2. The predicted octanol–water partition coefficient (Wildman–Crippen LogP) is 2.59. The molecule has 120 valence electrons. The van der Waals surface area contributed by atoms with Crippen LogP contribution in [0.1, 0.15) is 48.8 Å². The summed E-state index contributed by atoms with van der Waals surface area (Å²) in [4.78, 5) is 28.1. The molecule has 0 atom stereocenters. The van der Waals surface area contributed by atoms with Crippen molar-refractivity contribution in [3.05, 3.63) is 29.6 Å². The summed E-state index contributed by atoms with van der Waals surface area (Å²) in [5, 5.41) is 4.10. The summed E-state index contributed by atoms with van der Waals surface area (Å²) in [6, 6.07) is 5.46. The monoisotopic (exact) mass is 312 g/mol. The number of rotatable bonds is 3. The van der Waals surface area contributed by atoms with Crippen molar-refractivity contribution in [3.63, 3.8) is 0 Å². The Morgan fingerprint density at radius 3 is 2.96 bits per heavy atom. The molecule has 3 rings (SSSR count). The molecule has 1 heterocycles. The first-order valence-electron chi connectivity index (χ1n) is 7.93. The number of Topliss-reactive ketones (excluding diaryl/α,β-unsaturated/α-hetero) is 1. The number of hydrogen-bond donors (Lipinski definition) is 1. The van der Waals surface area contributed by atoms with E-state index in [0.717, 1.165) is 42.0 Å². The number of carbonyl (C=O) groups excluding carboxylic acids is 2. The number of imidazole rings is 1. The number of hydrogen-bond acceptors (Lipinski definition) is 4. The molecule has 23 heavy (non-hydrogen) atoms. The molecule has 1 aliphatic carbocycles. The van der Waals surface area contributed by atoms with Crippen LogP contribution in [0.4, 0.5) is 0 Å². The Hall–Kier alpha value is -2.50. The Balaban J connectivity index is 1.78. The lowest BCUT2D eigenvalue weighted by atomic mass is 9.97. The number of aromatic nitrogens is 2. The number of carbonyl (C=O) groups is 2. The molecular weight excluding hydrogens is 292 g/mol. The number of fused-ring (bicyclic) bond motifs is 1. The van der Waals surface area contributed by atoms with Crippen LogP contribution in [0.5, 0.6) is 0 Å². The number of ketones is 1. The third-order valence-electron chi connectivity index (χ3n) is 4.16. The molecule has 0 saturated heterocycles. The molecule has 0 aliphatic heterocycles. The van der Waals surface area contributed by atoms with E-state index in [1.165, 1.54) is 0 Å². The summed E-state index contributed by atoms with van der Waals surface area (Å²) in [5.41, 5.74) is 5.64. The summed E-state index contributed by atoms with van der Waals surface area (Å²) in [6.07, 6.45) is 2.54. The van der Waals surface area contributed by atoms with Crippen LogP contribution in [0.15, 0.2) is 23.3 Å². The predicted molar refractivity (Wildman–Crippen MR) is 88.5 cm³/mol. The van der Waals surface area contributed by atoms with E-state index in [9.17, 15) is 9.59 Å². The Labute approximate surface area is 134 Å². The molecule has 6 nitrogen and oxygen atoms in total. The summed E-state index contributed by atoms with van der Waals surface area (Å²) >= 11 is 0. The van der Waals surface area contributed by atoms with Gasteiger partial charge in [0.05, 0.1) is 11.0 Å². The molecule has 6 heteroatoms. The highest BCUT2D eigenvalue weighted by molar-refractivity contribution is 6.05. The minimum atomic E-state index is -0.277. The fourth-order valence-electron chi connectivity index (χ4n) is 2.97. The van der Waals surface area contributed by atoms with Gasteiger partial charge in [0.2, 0.25) is 0 Å². The fraction of sp³-hybridized carbons (Fsp3) is 0.412. The van der Waals surface area contributed by atoms with Crippen LogP contribution >= 0.6 is 0 Å². The number of hydrazone groups is 1. The highest BCUT2D eigenvalue weighted by Crippen LogP contribution is 2.18. The highest BCUT2D eigenvalue weighted by atomic mass is 16.2. The van der Waals surface area contributed by atoms with Gasteiger partial charge in [0.1, 0.15) is 11.6 Å². The Kier molecular flexibility index (Phi) is 4.23. The van der Waals surface area contributed by atoms with Crippen molar-refractivity contribution >= 4 is 28.4 Å². The minimum absolute atomic E-state index is 0.186. The topological polar surface area (TPSA) is 76.3 Å². The lowest BCUT2D eigenvalue weighted by molar-refractivity contribution is -0.118. The van der Waals surface area contributed by atoms with Gasteiger partial charge in [-0.05, 0) is 44.9 Å². The van der Waals surface area contributed by atoms with Crippen LogP contribution in [0.3, 0.4) is 0 Å². The Morgan fingerprint density at radius 1 is 1.39 bits per heavy atom. The van der Waals surface area contributed by atoms with Gasteiger partial charge in [-0.25, -0.2) is 10.4 Å². The van der Waals surface area contributed by atoms with Gasteiger partial charge in [-0.15, -0.1) is 0 Å². The molecule has 1 aliphatic rings. The SMILES string of the molecule is CCn1c(C)nc2cc(C(=O)N/N=C3/CCCC(=O)C3)ccc21. The zero-order valence-electron chi connectivity index (χ0n) is 13.4. The fourth-order valence-corrected chi connectivity index (χ4v) is 2.97. The van der Waals surface area contributed by atoms with Gasteiger partial charge in [0.15, 0.2) is 0 Å². The van der Waals surface area contributed by atoms with Crippen LogP contribution in [0, 0.1) is 6.92 Å². The normalized spacial score (nSPS) is 17.0. The highest BCUT2D eigenvalue weighted by Gasteiger charge is 2.15. The van der Waals surface area contributed by atoms with Crippen molar-refractivity contribution in [2.24, 2.45) is 5.10 Å². The van der Waals surface area contributed by atoms with Crippen molar-refractivity contribution in [1.29, 1.82) is 0 Å². The van der Waals surface area contributed by atoms with E-state index in [1.54, 1.807) is 12.1 Å². The van der Waals surface area contributed by atoms with Crippen LogP contribution < -0.4 is 5.43 Å². The van der Waals surface area contributed by atoms with E-state index in [-0.39, 0.29) is 11.7 Å². The number of aryl methyl sites for hydroxylation is 2. The number of amides is 1. The van der Waals surface area contributed by atoms with E-state index in [4.69, 9.17) is 0 Å². The maximum Gasteiger partial charge on any atom is 0.271 e. The average molecular weight is 312 g/mol. The maximum absolute atomic E-state index is 12.2. The molecular formula is C17H20N4O2. The Morgan fingerprint density at radius 2 is 2.22 bits per heavy atom. The molecule has 1 amide bonds. The molecule has 1 aromatic carbocycles. The van der Waals surface area contributed by atoms with E-state index in [1.807, 2.05) is 13.0 Å². The molecule has 1 N–H and O–H groups in total. The summed E-state index contributed by atoms with van der Waals surface area (Å²) in [6.45, 7) is 4.86. The van der Waals surface area contributed by atoms with Crippen molar-refractivity contribution in [2.75, 3.05) is 0 Å². The molecule has 1 aromatic heterocycles. The summed E-state index contributed by atoms with van der Waals surface area (Å²) in [5.74, 6) is 0.841. The van der Waals surface area contributed by atoms with Gasteiger partial charge in [-0.1, -0.05) is 0 Å². The van der Waals surface area contributed by atoms with Crippen LogP contribution in [-0.2, 0) is 11.3 Å². The quantitative estimate of drug-likeness (QED) is 0.885. The molecule has 0 spiro atoms. The summed E-state index contributed by atoms with van der Waals surface area (Å²) in [7, 11) is 0. The largest absolute Gasteiger partial charge is 0.329 e. The molecule has 0 unspecified atom stereocenters. The second-order valence-corrected chi connectivity index (χ2v) is 5.79. The van der Waals surface area contributed by atoms with Gasteiger partial charge in [-0.2, -0.15) is 5.10 Å². The average Bonchev–Trinajstić information content (AvgIpc) is 2.86. The summed E-state index contributed by atoms with van der Waals surface area (Å²) < 4.78 is 2.10. The first-order chi connectivity index (χ1) is 11.1. The standard InChI is InChI=1S/C17H20N4O2/c1-3-21-11(2)18-15-9-12(7-8-16(15)21)17(23)20-19-13-5-4-6-14(22)10-13/h7-9H,3-6,10H2,1-2H3,(H,20,23)/b19-13-. The van der Waals surface area contributed by atoms with Crippen LogP contribution in [0.2, 0.25) is 0 Å². The number of benzene rings is 1. The van der Waals surface area contributed by atoms with Crippen molar-refractivity contribution in [2.45, 2.75) is 46.1 Å².